The van der Waals surface area contributed by atoms with E-state index in [1.807, 2.05) is 45.0 Å². The van der Waals surface area contributed by atoms with Crippen molar-refractivity contribution in [2.75, 3.05) is 6.61 Å². The minimum Gasteiger partial charge on any atom is -0.488 e. The molecule has 3 rings (SSSR count). The van der Waals surface area contributed by atoms with Gasteiger partial charge in [-0.25, -0.2) is 4.68 Å². The number of fused-ring (bicyclic) bond motifs is 3. The maximum Gasteiger partial charge on any atom is 0.267 e. The number of nitrogens with zero attached hydrogens (tertiary/aromatic N) is 2. The maximum atomic E-state index is 12.1. The lowest BCUT2D eigenvalue weighted by molar-refractivity contribution is -0.00834. The molecule has 5 heteroatoms. The second-order valence-corrected chi connectivity index (χ2v) is 6.33. The topological polar surface area (TPSA) is 53.4 Å². The van der Waals surface area contributed by atoms with E-state index < -0.39 is 0 Å². The lowest BCUT2D eigenvalue weighted by Crippen LogP contribution is -2.29. The Hall–Kier alpha value is -2.14. The molecule has 0 aliphatic carbocycles. The number of benzene rings is 1. The smallest absolute Gasteiger partial charge is 0.267 e. The van der Waals surface area contributed by atoms with Crippen molar-refractivity contribution in [2.45, 2.75) is 39.5 Å². The average Bonchev–Trinajstić information content (AvgIpc) is 2.46. The highest BCUT2D eigenvalue weighted by molar-refractivity contribution is 5.71. The number of para-hydroxylation sites is 1. The van der Waals surface area contributed by atoms with Gasteiger partial charge in [0.05, 0.1) is 18.8 Å². The summed E-state index contributed by atoms with van der Waals surface area (Å²) in [6.07, 6.45) is 0. The summed E-state index contributed by atoms with van der Waals surface area (Å²) >= 11 is 0. The molecule has 22 heavy (non-hydrogen) atoms. The average molecular weight is 300 g/mol. The fourth-order valence-corrected chi connectivity index (χ4v) is 2.41. The summed E-state index contributed by atoms with van der Waals surface area (Å²) in [5.74, 6) is 0.804. The van der Waals surface area contributed by atoms with Crippen molar-refractivity contribution in [3.05, 3.63) is 46.2 Å². The highest BCUT2D eigenvalue weighted by atomic mass is 16.5. The van der Waals surface area contributed by atoms with Crippen LogP contribution >= 0.6 is 0 Å². The van der Waals surface area contributed by atoms with E-state index in [2.05, 4.69) is 5.10 Å². The third-order valence-corrected chi connectivity index (χ3v) is 3.44. The van der Waals surface area contributed by atoms with Crippen LogP contribution in [0.25, 0.3) is 11.3 Å². The molecule has 1 aliphatic heterocycles. The molecular formula is C17H20N2O3. The zero-order valence-corrected chi connectivity index (χ0v) is 13.1. The normalized spacial score (nSPS) is 13.2. The Bertz CT molecular complexity index is 744. The van der Waals surface area contributed by atoms with Crippen LogP contribution in [0.5, 0.6) is 5.75 Å². The van der Waals surface area contributed by atoms with E-state index in [0.717, 1.165) is 22.6 Å². The Labute approximate surface area is 129 Å². The second kappa shape index (κ2) is 5.57. The molecular weight excluding hydrogens is 280 g/mol. The predicted molar refractivity (Wildman–Crippen MR) is 84.0 cm³/mol. The van der Waals surface area contributed by atoms with Crippen LogP contribution < -0.4 is 10.3 Å². The monoisotopic (exact) mass is 300 g/mol. The number of hydrogen-bond donors (Lipinski definition) is 0. The van der Waals surface area contributed by atoms with Gasteiger partial charge in [0.1, 0.15) is 18.1 Å². The van der Waals surface area contributed by atoms with Crippen molar-refractivity contribution in [1.82, 2.24) is 9.78 Å². The first-order valence-electron chi connectivity index (χ1n) is 7.41. The van der Waals surface area contributed by atoms with Crippen LogP contribution in [-0.2, 0) is 17.9 Å². The number of aromatic nitrogens is 2. The van der Waals surface area contributed by atoms with Gasteiger partial charge in [0.2, 0.25) is 0 Å². The van der Waals surface area contributed by atoms with Crippen LogP contribution in [-0.4, -0.2) is 22.0 Å². The van der Waals surface area contributed by atoms with Crippen LogP contribution in [0.1, 0.15) is 26.3 Å². The van der Waals surface area contributed by atoms with Gasteiger partial charge in [-0.1, -0.05) is 12.1 Å². The van der Waals surface area contributed by atoms with Crippen molar-refractivity contribution in [2.24, 2.45) is 0 Å². The van der Waals surface area contributed by atoms with E-state index in [4.69, 9.17) is 9.47 Å². The van der Waals surface area contributed by atoms with Crippen molar-refractivity contribution < 1.29 is 9.47 Å². The lowest BCUT2D eigenvalue weighted by Gasteiger charge is -2.22. The standard InChI is InChI=1S/C17H20N2O3/c1-17(2,3)22-9-8-19-15(20)10-12-11-21-14-7-5-4-6-13(14)16(12)18-19/h4-7,10H,8-9,11H2,1-3H3. The van der Waals surface area contributed by atoms with E-state index in [0.29, 0.717) is 19.8 Å². The fourth-order valence-electron chi connectivity index (χ4n) is 2.41. The van der Waals surface area contributed by atoms with Gasteiger partial charge < -0.3 is 9.47 Å². The number of ether oxygens (including phenoxy) is 2. The third-order valence-electron chi connectivity index (χ3n) is 3.44. The molecule has 0 N–H and O–H groups in total. The van der Waals surface area contributed by atoms with E-state index in [9.17, 15) is 4.79 Å². The van der Waals surface area contributed by atoms with Gasteiger partial charge in [0, 0.05) is 17.2 Å². The molecule has 5 nitrogen and oxygen atoms in total. The van der Waals surface area contributed by atoms with Gasteiger partial charge in [-0.05, 0) is 32.9 Å². The van der Waals surface area contributed by atoms with Gasteiger partial charge >= 0.3 is 0 Å². The quantitative estimate of drug-likeness (QED) is 0.874. The first kappa shape index (κ1) is 14.8. The lowest BCUT2D eigenvalue weighted by atomic mass is 10.0. The van der Waals surface area contributed by atoms with Gasteiger partial charge in [0.15, 0.2) is 0 Å². The van der Waals surface area contributed by atoms with Crippen LogP contribution in [0.3, 0.4) is 0 Å². The molecule has 0 fully saturated rings. The van der Waals surface area contributed by atoms with Gasteiger partial charge in [-0.15, -0.1) is 0 Å². The Morgan fingerprint density at radius 1 is 1.32 bits per heavy atom. The fraction of sp³-hybridized carbons (Fsp3) is 0.412. The molecule has 0 saturated carbocycles. The molecule has 1 aliphatic rings. The molecule has 0 atom stereocenters. The Morgan fingerprint density at radius 2 is 2.09 bits per heavy atom. The molecule has 2 aromatic rings. The van der Waals surface area contributed by atoms with Crippen molar-refractivity contribution >= 4 is 0 Å². The Kier molecular flexibility index (Phi) is 3.74. The molecule has 116 valence electrons. The molecule has 0 unspecified atom stereocenters. The van der Waals surface area contributed by atoms with E-state index in [1.54, 1.807) is 6.07 Å². The van der Waals surface area contributed by atoms with Crippen molar-refractivity contribution in [3.8, 4) is 17.0 Å². The van der Waals surface area contributed by atoms with Crippen LogP contribution in [0, 0.1) is 0 Å². The first-order chi connectivity index (χ1) is 10.4. The Balaban J connectivity index is 1.90. The third kappa shape index (κ3) is 3.04. The summed E-state index contributed by atoms with van der Waals surface area (Å²) in [5.41, 5.74) is 2.22. The summed E-state index contributed by atoms with van der Waals surface area (Å²) in [7, 11) is 0. The molecule has 0 amide bonds. The highest BCUT2D eigenvalue weighted by Crippen LogP contribution is 2.34. The summed E-state index contributed by atoms with van der Waals surface area (Å²) in [6, 6.07) is 9.35. The molecule has 1 aromatic heterocycles. The molecule has 2 heterocycles. The van der Waals surface area contributed by atoms with Crippen molar-refractivity contribution in [1.29, 1.82) is 0 Å². The van der Waals surface area contributed by atoms with E-state index in [1.165, 1.54) is 4.68 Å². The second-order valence-electron chi connectivity index (χ2n) is 6.33. The van der Waals surface area contributed by atoms with E-state index >= 15 is 0 Å². The number of rotatable bonds is 3. The molecule has 0 radical (unpaired) electrons. The summed E-state index contributed by atoms with van der Waals surface area (Å²) in [6.45, 7) is 7.24. The highest BCUT2D eigenvalue weighted by Gasteiger charge is 2.20. The zero-order chi connectivity index (χ0) is 15.7. The van der Waals surface area contributed by atoms with Crippen LogP contribution in [0.2, 0.25) is 0 Å². The largest absolute Gasteiger partial charge is 0.488 e. The molecule has 1 aromatic carbocycles. The summed E-state index contributed by atoms with van der Waals surface area (Å²) in [5, 5.41) is 4.52. The first-order valence-corrected chi connectivity index (χ1v) is 7.41. The predicted octanol–water partition coefficient (Wildman–Crippen LogP) is 2.62. The maximum absolute atomic E-state index is 12.1. The molecule has 0 saturated heterocycles. The number of hydrogen-bond acceptors (Lipinski definition) is 4. The van der Waals surface area contributed by atoms with Gasteiger partial charge in [0.25, 0.3) is 5.56 Å². The van der Waals surface area contributed by atoms with E-state index in [-0.39, 0.29) is 11.2 Å². The Morgan fingerprint density at radius 3 is 2.86 bits per heavy atom. The van der Waals surface area contributed by atoms with Gasteiger partial charge in [-0.3, -0.25) is 4.79 Å². The molecule has 0 spiro atoms. The van der Waals surface area contributed by atoms with Crippen molar-refractivity contribution in [3.63, 3.8) is 0 Å². The molecule has 0 bridgehead atoms. The van der Waals surface area contributed by atoms with Gasteiger partial charge in [-0.2, -0.15) is 5.10 Å². The summed E-state index contributed by atoms with van der Waals surface area (Å²) < 4.78 is 12.8. The zero-order valence-electron chi connectivity index (χ0n) is 13.1. The minimum absolute atomic E-state index is 0.126. The SMILES string of the molecule is CC(C)(C)OCCn1nc2c(cc1=O)COc1ccccc1-2. The minimum atomic E-state index is -0.224. The summed E-state index contributed by atoms with van der Waals surface area (Å²) in [4.78, 5) is 12.1. The van der Waals surface area contributed by atoms with Crippen LogP contribution in [0.15, 0.2) is 35.1 Å². The van der Waals surface area contributed by atoms with Crippen LogP contribution in [0.4, 0.5) is 0 Å².